The third-order valence-electron chi connectivity index (χ3n) is 2.76. The van der Waals surface area contributed by atoms with Gasteiger partial charge in [0.1, 0.15) is 12.7 Å². The van der Waals surface area contributed by atoms with Gasteiger partial charge in [0.05, 0.1) is 25.6 Å². The Balaban J connectivity index is 1.79. The molecule has 0 spiro atoms. The van der Waals surface area contributed by atoms with E-state index in [9.17, 15) is 25.8 Å². The van der Waals surface area contributed by atoms with Crippen LogP contribution in [0.5, 0.6) is 0 Å². The minimum Gasteiger partial charge on any atom is -0.385 e. The van der Waals surface area contributed by atoms with Crippen LogP contribution in [0.25, 0.3) is 0 Å². The number of alkyl halides is 3. The van der Waals surface area contributed by atoms with Crippen LogP contribution in [-0.4, -0.2) is 71.0 Å². The summed E-state index contributed by atoms with van der Waals surface area (Å²) in [6.07, 6.45) is -5.35. The minimum atomic E-state index is -4.60. The van der Waals surface area contributed by atoms with Crippen molar-refractivity contribution in [2.45, 2.75) is 12.3 Å². The van der Waals surface area contributed by atoms with Gasteiger partial charge in [-0.15, -0.1) is 0 Å². The summed E-state index contributed by atoms with van der Waals surface area (Å²) in [5.41, 5.74) is 0. The molecule has 0 aliphatic carbocycles. The molecular weight excluding hydrogens is 384 g/mol. The van der Waals surface area contributed by atoms with Gasteiger partial charge < -0.3 is 14.0 Å². The fourth-order valence-electron chi connectivity index (χ4n) is 1.76. The molecule has 2 heterocycles. The lowest BCUT2D eigenvalue weighted by molar-refractivity contribution is -0.162. The molecule has 2 rings (SSSR count). The fourth-order valence-corrected chi connectivity index (χ4v) is 3.68. The van der Waals surface area contributed by atoms with Crippen molar-refractivity contribution < 1.29 is 52.3 Å². The second-order valence-corrected chi connectivity index (χ2v) is 7.48. The van der Waals surface area contributed by atoms with Crippen LogP contribution in [0.15, 0.2) is 0 Å². The summed E-state index contributed by atoms with van der Waals surface area (Å²) in [6.45, 7) is -2.34. The van der Waals surface area contributed by atoms with E-state index in [0.717, 1.165) is 0 Å². The Bertz CT molecular complexity index is 543. The molecule has 0 aromatic carbocycles. The van der Waals surface area contributed by atoms with Gasteiger partial charge in [0.2, 0.25) is 0 Å². The molecule has 2 aliphatic rings. The molecule has 0 radical (unpaired) electrons. The standard InChI is InChI=1S/C9H14BF3O9S2/c11-9(12,13)6-19-10(18-3-8-4-20-23(14)22-8)17-1-7-2-21-24(15,16)5-7/h7-8H,1-6H2. The molecule has 15 heteroatoms. The third kappa shape index (κ3) is 7.31. The van der Waals surface area contributed by atoms with Gasteiger partial charge >= 0.3 is 24.9 Å². The van der Waals surface area contributed by atoms with Gasteiger partial charge in [-0.2, -0.15) is 25.8 Å². The first-order valence-electron chi connectivity index (χ1n) is 6.64. The Morgan fingerprint density at radius 1 is 1.17 bits per heavy atom. The van der Waals surface area contributed by atoms with E-state index < -0.39 is 53.6 Å². The smallest absolute Gasteiger partial charge is 0.385 e. The lowest BCUT2D eigenvalue weighted by atomic mass is 10.1. The molecule has 0 bridgehead atoms. The number of hydrogen-bond donors (Lipinski definition) is 0. The summed E-state index contributed by atoms with van der Waals surface area (Å²) in [5.74, 6) is -0.855. The van der Waals surface area contributed by atoms with E-state index in [-0.39, 0.29) is 32.2 Å². The Morgan fingerprint density at radius 3 is 2.42 bits per heavy atom. The summed E-state index contributed by atoms with van der Waals surface area (Å²) in [6, 6.07) is 0. The van der Waals surface area contributed by atoms with Crippen LogP contribution in [0.3, 0.4) is 0 Å². The molecule has 9 nitrogen and oxygen atoms in total. The summed E-state index contributed by atoms with van der Waals surface area (Å²) in [5, 5.41) is 0. The van der Waals surface area contributed by atoms with Gasteiger partial charge in [0, 0.05) is 12.5 Å². The lowest BCUT2D eigenvalue weighted by Crippen LogP contribution is -2.36. The van der Waals surface area contributed by atoms with Crippen LogP contribution in [0.2, 0.25) is 0 Å². The van der Waals surface area contributed by atoms with E-state index in [2.05, 4.69) is 13.0 Å². The fraction of sp³-hybridized carbons (Fsp3) is 1.00. The molecule has 0 saturated carbocycles. The summed E-state index contributed by atoms with van der Waals surface area (Å²) in [4.78, 5) is 0. The van der Waals surface area contributed by atoms with Crippen molar-refractivity contribution in [3.63, 3.8) is 0 Å². The van der Waals surface area contributed by atoms with Gasteiger partial charge in [-0.25, -0.2) is 0 Å². The van der Waals surface area contributed by atoms with E-state index in [1.807, 2.05) is 0 Å². The van der Waals surface area contributed by atoms with Crippen LogP contribution in [0, 0.1) is 5.92 Å². The Labute approximate surface area is 138 Å². The van der Waals surface area contributed by atoms with Gasteiger partial charge in [0.15, 0.2) is 0 Å². The van der Waals surface area contributed by atoms with E-state index >= 15 is 0 Å². The van der Waals surface area contributed by atoms with E-state index in [4.69, 9.17) is 13.5 Å². The van der Waals surface area contributed by atoms with Crippen LogP contribution >= 0.6 is 0 Å². The highest BCUT2D eigenvalue weighted by molar-refractivity contribution is 7.86. The van der Waals surface area contributed by atoms with Crippen molar-refractivity contribution in [2.75, 3.05) is 38.8 Å². The average Bonchev–Trinajstić information content (AvgIpc) is 3.02. The zero-order valence-electron chi connectivity index (χ0n) is 12.1. The van der Waals surface area contributed by atoms with Crippen molar-refractivity contribution in [3.8, 4) is 0 Å². The van der Waals surface area contributed by atoms with E-state index in [0.29, 0.717) is 0 Å². The minimum absolute atomic E-state index is 0.0622. The van der Waals surface area contributed by atoms with Gasteiger partial charge in [-0.3, -0.25) is 12.5 Å². The maximum Gasteiger partial charge on any atom is 0.639 e. The Kier molecular flexibility index (Phi) is 7.01. The van der Waals surface area contributed by atoms with Crippen LogP contribution in [0.4, 0.5) is 13.2 Å². The number of halogens is 3. The molecular formula is C9H14BF3O9S2. The van der Waals surface area contributed by atoms with E-state index in [1.165, 1.54) is 0 Å². The zero-order valence-corrected chi connectivity index (χ0v) is 13.7. The van der Waals surface area contributed by atoms with Crippen molar-refractivity contribution >= 4 is 28.8 Å². The average molecular weight is 398 g/mol. The highest BCUT2D eigenvalue weighted by atomic mass is 32.2. The first-order chi connectivity index (χ1) is 11.1. The molecule has 2 aliphatic heterocycles. The first kappa shape index (κ1) is 20.0. The van der Waals surface area contributed by atoms with Crippen LogP contribution in [-0.2, 0) is 48.0 Å². The van der Waals surface area contributed by atoms with Crippen LogP contribution in [0.1, 0.15) is 0 Å². The Morgan fingerprint density at radius 2 is 1.88 bits per heavy atom. The predicted molar refractivity (Wildman–Crippen MR) is 71.9 cm³/mol. The van der Waals surface area contributed by atoms with Crippen molar-refractivity contribution in [1.29, 1.82) is 0 Å². The Hall–Kier alpha value is -0.285. The summed E-state index contributed by atoms with van der Waals surface area (Å²) >= 11 is -1.92. The van der Waals surface area contributed by atoms with Gasteiger partial charge in [-0.05, 0) is 0 Å². The molecule has 140 valence electrons. The van der Waals surface area contributed by atoms with Crippen molar-refractivity contribution in [3.05, 3.63) is 0 Å². The van der Waals surface area contributed by atoms with Gasteiger partial charge in [-0.1, -0.05) is 0 Å². The molecule has 0 aromatic heterocycles. The largest absolute Gasteiger partial charge is 0.639 e. The summed E-state index contributed by atoms with van der Waals surface area (Å²) < 4.78 is 98.2. The molecule has 24 heavy (non-hydrogen) atoms. The maximum atomic E-state index is 12.2. The lowest BCUT2D eigenvalue weighted by Gasteiger charge is -2.18. The first-order valence-corrected chi connectivity index (χ1v) is 9.21. The normalized spacial score (nSPS) is 29.9. The van der Waals surface area contributed by atoms with Crippen molar-refractivity contribution in [1.82, 2.24) is 0 Å². The summed E-state index contributed by atoms with van der Waals surface area (Å²) in [7, 11) is -5.32. The second-order valence-electron chi connectivity index (χ2n) is 4.96. The third-order valence-corrected chi connectivity index (χ3v) is 4.89. The number of rotatable bonds is 8. The zero-order chi connectivity index (χ0) is 17.8. The SMILES string of the molecule is O=S1OCC(COB(OCC2COS(=O)(=O)C2)OCC(F)(F)F)O1. The molecule has 0 amide bonds. The van der Waals surface area contributed by atoms with E-state index in [1.54, 1.807) is 0 Å². The molecule has 2 fully saturated rings. The maximum absolute atomic E-state index is 12.2. The topological polar surface area (TPSA) is 107 Å². The predicted octanol–water partition coefficient (Wildman–Crippen LogP) is -0.446. The number of hydrogen-bond acceptors (Lipinski definition) is 9. The highest BCUT2D eigenvalue weighted by Crippen LogP contribution is 2.18. The molecule has 2 saturated heterocycles. The molecule has 3 unspecified atom stereocenters. The monoisotopic (exact) mass is 398 g/mol. The highest BCUT2D eigenvalue weighted by Gasteiger charge is 2.36. The second kappa shape index (κ2) is 8.40. The van der Waals surface area contributed by atoms with Gasteiger partial charge in [0.25, 0.3) is 10.1 Å². The molecule has 0 N–H and O–H groups in total. The quantitative estimate of drug-likeness (QED) is 0.397. The van der Waals surface area contributed by atoms with Crippen LogP contribution < -0.4 is 0 Å². The molecule has 0 aromatic rings. The van der Waals surface area contributed by atoms with Crippen molar-refractivity contribution in [2.24, 2.45) is 5.92 Å². The molecule has 3 atom stereocenters.